The third-order valence-corrected chi connectivity index (χ3v) is 5.86. The largest absolute Gasteiger partial charge is 0.337 e. The standard InChI is InChI=1S/C25H19N5O.C2H6/c1-13(2)14-7-8-19-15(11-14)12-18(25(31)28-19)24-29-22-16-5-3-9-26-20(16)21-17(23(22)30-24)6-4-10-27-21;1-2/h3-13H,1-2H3,(H,28,31)(H,29,30);1-2H3. The van der Waals surface area contributed by atoms with Crippen LogP contribution in [0.1, 0.15) is 39.2 Å². The number of hydrogen-bond donors (Lipinski definition) is 2. The number of H-pyrrole nitrogens is 2. The van der Waals surface area contributed by atoms with Crippen molar-refractivity contribution in [2.24, 2.45) is 0 Å². The molecule has 0 aliphatic heterocycles. The minimum absolute atomic E-state index is 0.172. The summed E-state index contributed by atoms with van der Waals surface area (Å²) in [6.07, 6.45) is 3.52. The first-order chi connectivity index (χ1) is 16.1. The fraction of sp³-hybridized carbons (Fsp3) is 0.185. The Labute approximate surface area is 190 Å². The Balaban J connectivity index is 0.00000111. The summed E-state index contributed by atoms with van der Waals surface area (Å²) in [5.41, 5.74) is 5.64. The molecule has 0 saturated carbocycles. The Hall–Kier alpha value is -4.06. The first-order valence-corrected chi connectivity index (χ1v) is 11.3. The van der Waals surface area contributed by atoms with Gasteiger partial charge in [-0.25, -0.2) is 4.98 Å². The molecule has 2 aromatic carbocycles. The third-order valence-electron chi connectivity index (χ3n) is 5.86. The summed E-state index contributed by atoms with van der Waals surface area (Å²) in [6, 6.07) is 15.8. The van der Waals surface area contributed by atoms with Crippen LogP contribution in [-0.2, 0) is 0 Å². The lowest BCUT2D eigenvalue weighted by Gasteiger charge is -2.07. The summed E-state index contributed by atoms with van der Waals surface area (Å²) < 4.78 is 0. The number of fused-ring (bicyclic) bond motifs is 7. The number of hydrogen-bond acceptors (Lipinski definition) is 4. The van der Waals surface area contributed by atoms with Crippen LogP contribution in [0.2, 0.25) is 0 Å². The molecular weight excluding hydrogens is 410 g/mol. The molecule has 0 unspecified atom stereocenters. The van der Waals surface area contributed by atoms with Crippen molar-refractivity contribution >= 4 is 43.7 Å². The Bertz CT molecular complexity index is 1620. The van der Waals surface area contributed by atoms with Gasteiger partial charge in [-0.1, -0.05) is 33.8 Å². The van der Waals surface area contributed by atoms with Crippen LogP contribution in [0, 0.1) is 0 Å². The predicted octanol–water partition coefficient (Wildman–Crippen LogP) is 6.32. The molecule has 33 heavy (non-hydrogen) atoms. The lowest BCUT2D eigenvalue weighted by atomic mass is 10.0. The normalized spacial score (nSPS) is 11.4. The van der Waals surface area contributed by atoms with Crippen molar-refractivity contribution in [1.82, 2.24) is 24.9 Å². The van der Waals surface area contributed by atoms with Crippen LogP contribution >= 0.6 is 0 Å². The maximum atomic E-state index is 12.9. The van der Waals surface area contributed by atoms with E-state index in [-0.39, 0.29) is 5.56 Å². The minimum atomic E-state index is -0.172. The predicted molar refractivity (Wildman–Crippen MR) is 136 cm³/mol. The van der Waals surface area contributed by atoms with Crippen LogP contribution in [0.4, 0.5) is 0 Å². The molecule has 0 amide bonds. The molecule has 0 saturated heterocycles. The molecule has 6 nitrogen and oxygen atoms in total. The molecule has 0 bridgehead atoms. The minimum Gasteiger partial charge on any atom is -0.337 e. The van der Waals surface area contributed by atoms with Crippen molar-refractivity contribution in [3.05, 3.63) is 76.8 Å². The van der Waals surface area contributed by atoms with Gasteiger partial charge in [-0.3, -0.25) is 14.8 Å². The average molecular weight is 436 g/mol. The highest BCUT2D eigenvalue weighted by Gasteiger charge is 2.17. The van der Waals surface area contributed by atoms with Gasteiger partial charge in [0, 0.05) is 28.7 Å². The number of nitrogens with zero attached hydrogens (tertiary/aromatic N) is 3. The molecule has 4 heterocycles. The van der Waals surface area contributed by atoms with E-state index in [1.54, 1.807) is 12.4 Å². The molecule has 0 spiro atoms. The molecular formula is C27H25N5O. The number of rotatable bonds is 2. The van der Waals surface area contributed by atoms with Gasteiger partial charge in [0.15, 0.2) is 0 Å². The Kier molecular flexibility index (Phi) is 5.13. The second-order valence-electron chi connectivity index (χ2n) is 8.12. The van der Waals surface area contributed by atoms with E-state index in [2.05, 4.69) is 45.9 Å². The van der Waals surface area contributed by atoms with Crippen molar-refractivity contribution in [3.63, 3.8) is 0 Å². The van der Waals surface area contributed by atoms with Gasteiger partial charge in [0.05, 0.1) is 27.6 Å². The van der Waals surface area contributed by atoms with E-state index in [0.29, 0.717) is 17.3 Å². The fourth-order valence-corrected chi connectivity index (χ4v) is 4.23. The second-order valence-corrected chi connectivity index (χ2v) is 8.12. The zero-order valence-electron chi connectivity index (χ0n) is 19.1. The summed E-state index contributed by atoms with van der Waals surface area (Å²) in [7, 11) is 0. The number of nitrogens with one attached hydrogen (secondary N) is 2. The molecule has 4 aromatic heterocycles. The SMILES string of the molecule is CC.CC(C)c1ccc2[nH]c(=O)c(-c3nc4c5cccnc5c5ncccc5c4[nH]3)cc2c1. The van der Waals surface area contributed by atoms with Crippen molar-refractivity contribution in [3.8, 4) is 11.4 Å². The molecule has 0 radical (unpaired) electrons. The molecule has 164 valence electrons. The van der Waals surface area contributed by atoms with Gasteiger partial charge < -0.3 is 9.97 Å². The molecule has 6 aromatic rings. The smallest absolute Gasteiger partial charge is 0.259 e. The average Bonchev–Trinajstić information content (AvgIpc) is 3.30. The number of aromatic amines is 2. The van der Waals surface area contributed by atoms with E-state index in [4.69, 9.17) is 4.98 Å². The van der Waals surface area contributed by atoms with Gasteiger partial charge in [0.2, 0.25) is 0 Å². The number of pyridine rings is 3. The fourth-order valence-electron chi connectivity index (χ4n) is 4.23. The second kappa shape index (κ2) is 8.13. The van der Waals surface area contributed by atoms with Crippen molar-refractivity contribution < 1.29 is 0 Å². The summed E-state index contributed by atoms with van der Waals surface area (Å²) in [4.78, 5) is 33.2. The molecule has 6 heteroatoms. The number of benzene rings is 2. The van der Waals surface area contributed by atoms with Gasteiger partial charge in [-0.15, -0.1) is 0 Å². The van der Waals surface area contributed by atoms with E-state index in [0.717, 1.165) is 43.7 Å². The lowest BCUT2D eigenvalue weighted by molar-refractivity contribution is 0.868. The highest BCUT2D eigenvalue weighted by atomic mass is 16.1. The third kappa shape index (κ3) is 3.35. The Morgan fingerprint density at radius 1 is 0.818 bits per heavy atom. The van der Waals surface area contributed by atoms with Gasteiger partial charge in [0.25, 0.3) is 5.56 Å². The highest BCUT2D eigenvalue weighted by molar-refractivity contribution is 6.21. The summed E-state index contributed by atoms with van der Waals surface area (Å²) in [5, 5.41) is 2.83. The zero-order chi connectivity index (χ0) is 23.1. The lowest BCUT2D eigenvalue weighted by Crippen LogP contribution is -2.09. The van der Waals surface area contributed by atoms with E-state index < -0.39 is 0 Å². The number of aromatic nitrogens is 5. The van der Waals surface area contributed by atoms with Crippen molar-refractivity contribution in [1.29, 1.82) is 0 Å². The van der Waals surface area contributed by atoms with Gasteiger partial charge >= 0.3 is 0 Å². The number of imidazole rings is 1. The van der Waals surface area contributed by atoms with Gasteiger partial charge in [0.1, 0.15) is 5.82 Å². The van der Waals surface area contributed by atoms with E-state index in [1.165, 1.54) is 5.56 Å². The molecule has 6 rings (SSSR count). The van der Waals surface area contributed by atoms with Crippen molar-refractivity contribution in [2.75, 3.05) is 0 Å². The first-order valence-electron chi connectivity index (χ1n) is 11.3. The quantitative estimate of drug-likeness (QED) is 0.312. The summed E-state index contributed by atoms with van der Waals surface area (Å²) in [5.74, 6) is 0.943. The van der Waals surface area contributed by atoms with Crippen LogP contribution < -0.4 is 5.56 Å². The van der Waals surface area contributed by atoms with E-state index >= 15 is 0 Å². The molecule has 0 fully saturated rings. The summed E-state index contributed by atoms with van der Waals surface area (Å²) >= 11 is 0. The Morgan fingerprint density at radius 3 is 2.24 bits per heavy atom. The molecule has 2 N–H and O–H groups in total. The highest BCUT2D eigenvalue weighted by Crippen LogP contribution is 2.33. The molecule has 0 atom stereocenters. The molecule has 0 aliphatic carbocycles. The van der Waals surface area contributed by atoms with Crippen LogP contribution in [0.3, 0.4) is 0 Å². The maximum Gasteiger partial charge on any atom is 0.259 e. The van der Waals surface area contributed by atoms with Crippen LogP contribution in [0.15, 0.2) is 65.7 Å². The first kappa shape index (κ1) is 20.8. The van der Waals surface area contributed by atoms with Gasteiger partial charge in [-0.2, -0.15) is 0 Å². The summed E-state index contributed by atoms with van der Waals surface area (Å²) in [6.45, 7) is 8.32. The Morgan fingerprint density at radius 2 is 1.52 bits per heavy atom. The monoisotopic (exact) mass is 435 g/mol. The van der Waals surface area contributed by atoms with Crippen LogP contribution in [0.5, 0.6) is 0 Å². The zero-order valence-corrected chi connectivity index (χ0v) is 19.1. The van der Waals surface area contributed by atoms with E-state index in [9.17, 15) is 4.79 Å². The maximum absolute atomic E-state index is 12.9. The molecule has 0 aliphatic rings. The van der Waals surface area contributed by atoms with Crippen LogP contribution in [0.25, 0.3) is 55.1 Å². The van der Waals surface area contributed by atoms with E-state index in [1.807, 2.05) is 50.2 Å². The van der Waals surface area contributed by atoms with Crippen molar-refractivity contribution in [2.45, 2.75) is 33.6 Å². The van der Waals surface area contributed by atoms with Crippen LogP contribution in [-0.4, -0.2) is 24.9 Å². The van der Waals surface area contributed by atoms with Gasteiger partial charge in [-0.05, 0) is 59.3 Å². The topological polar surface area (TPSA) is 87.3 Å².